The first kappa shape index (κ1) is 13.1. The van der Waals surface area contributed by atoms with E-state index in [1.54, 1.807) is 0 Å². The van der Waals surface area contributed by atoms with Crippen LogP contribution < -0.4 is 4.90 Å². The van der Waals surface area contributed by atoms with Crippen molar-refractivity contribution in [2.24, 2.45) is 0 Å². The van der Waals surface area contributed by atoms with E-state index in [9.17, 15) is 0 Å². The largest absolute Gasteiger partial charge is 0.373 e. The van der Waals surface area contributed by atoms with Gasteiger partial charge in [-0.2, -0.15) is 5.26 Å². The van der Waals surface area contributed by atoms with Gasteiger partial charge in [0, 0.05) is 18.1 Å². The van der Waals surface area contributed by atoms with E-state index in [2.05, 4.69) is 33.8 Å². The summed E-state index contributed by atoms with van der Waals surface area (Å²) in [5.41, 5.74) is 1.75. The summed E-state index contributed by atoms with van der Waals surface area (Å²) in [6.07, 6.45) is 3.63. The molecule has 0 amide bonds. The number of hydrogen-bond acceptors (Lipinski definition) is 2. The number of unbranched alkanes of at least 4 members (excludes halogenated alkanes) is 2. The van der Waals surface area contributed by atoms with Crippen molar-refractivity contribution in [3.8, 4) is 6.07 Å². The molecule has 0 aromatic heterocycles. The van der Waals surface area contributed by atoms with E-state index in [0.717, 1.165) is 22.3 Å². The number of nitrogens with zero attached hydrogens (tertiary/aromatic N) is 2. The van der Waals surface area contributed by atoms with Gasteiger partial charge in [0.15, 0.2) is 0 Å². The van der Waals surface area contributed by atoms with E-state index in [0.29, 0.717) is 0 Å². The molecule has 0 radical (unpaired) electrons. The molecule has 0 aliphatic heterocycles. The number of hydrogen-bond donors (Lipinski definition) is 0. The fourth-order valence-corrected chi connectivity index (χ4v) is 1.98. The molecule has 0 aliphatic rings. The van der Waals surface area contributed by atoms with Crippen LogP contribution in [-0.2, 0) is 0 Å². The van der Waals surface area contributed by atoms with Crippen molar-refractivity contribution in [2.75, 3.05) is 18.5 Å². The third-order valence-corrected chi connectivity index (χ3v) is 3.08. The van der Waals surface area contributed by atoms with Crippen LogP contribution in [0.1, 0.15) is 31.7 Å². The predicted molar refractivity (Wildman–Crippen MR) is 71.7 cm³/mol. The van der Waals surface area contributed by atoms with Crippen LogP contribution in [0.25, 0.3) is 0 Å². The van der Waals surface area contributed by atoms with Crippen molar-refractivity contribution in [1.29, 1.82) is 5.26 Å². The van der Waals surface area contributed by atoms with Crippen molar-refractivity contribution in [3.63, 3.8) is 0 Å². The van der Waals surface area contributed by atoms with Gasteiger partial charge in [0.1, 0.15) is 6.07 Å². The van der Waals surface area contributed by atoms with Crippen LogP contribution in [-0.4, -0.2) is 13.6 Å². The maximum Gasteiger partial charge on any atom is 0.101 e. The standard InChI is InChI=1S/C13H17BrN2/c1-3-4-5-8-16(2)13-9-12(14)7-6-11(13)10-15/h6-7,9H,3-5,8H2,1-2H3. The summed E-state index contributed by atoms with van der Waals surface area (Å²) in [7, 11) is 2.04. The Labute approximate surface area is 106 Å². The van der Waals surface area contributed by atoms with Crippen LogP contribution in [0, 0.1) is 11.3 Å². The van der Waals surface area contributed by atoms with Crippen LogP contribution in [0.15, 0.2) is 22.7 Å². The van der Waals surface area contributed by atoms with Gasteiger partial charge >= 0.3 is 0 Å². The molecule has 16 heavy (non-hydrogen) atoms. The molecule has 2 nitrogen and oxygen atoms in total. The second kappa shape index (κ2) is 6.55. The van der Waals surface area contributed by atoms with Crippen LogP contribution in [0.3, 0.4) is 0 Å². The van der Waals surface area contributed by atoms with Gasteiger partial charge in [0.05, 0.1) is 11.3 Å². The quantitative estimate of drug-likeness (QED) is 0.764. The summed E-state index contributed by atoms with van der Waals surface area (Å²) < 4.78 is 1.02. The molecular weight excluding hydrogens is 264 g/mol. The van der Waals surface area contributed by atoms with Gasteiger partial charge in [-0.05, 0) is 24.6 Å². The number of nitriles is 1. The van der Waals surface area contributed by atoms with Gasteiger partial charge in [-0.3, -0.25) is 0 Å². The van der Waals surface area contributed by atoms with Gasteiger partial charge in [-0.15, -0.1) is 0 Å². The first-order valence-corrected chi connectivity index (χ1v) is 6.39. The van der Waals surface area contributed by atoms with E-state index in [4.69, 9.17) is 5.26 Å². The van der Waals surface area contributed by atoms with Gasteiger partial charge < -0.3 is 4.90 Å². The van der Waals surface area contributed by atoms with Crippen molar-refractivity contribution in [3.05, 3.63) is 28.2 Å². The van der Waals surface area contributed by atoms with E-state index in [1.807, 2.05) is 25.2 Å². The molecule has 0 aliphatic carbocycles. The minimum absolute atomic E-state index is 0.738. The van der Waals surface area contributed by atoms with E-state index >= 15 is 0 Å². The molecule has 0 saturated heterocycles. The van der Waals surface area contributed by atoms with Crippen molar-refractivity contribution in [2.45, 2.75) is 26.2 Å². The molecule has 86 valence electrons. The fraction of sp³-hybridized carbons (Fsp3) is 0.462. The zero-order valence-electron chi connectivity index (χ0n) is 9.83. The maximum absolute atomic E-state index is 9.04. The van der Waals surface area contributed by atoms with Crippen molar-refractivity contribution >= 4 is 21.6 Å². The smallest absolute Gasteiger partial charge is 0.101 e. The Bertz CT molecular complexity index is 382. The Balaban J connectivity index is 2.77. The van der Waals surface area contributed by atoms with Gasteiger partial charge in [-0.25, -0.2) is 0 Å². The highest BCUT2D eigenvalue weighted by molar-refractivity contribution is 9.10. The lowest BCUT2D eigenvalue weighted by atomic mass is 10.1. The molecule has 0 atom stereocenters. The summed E-state index contributed by atoms with van der Waals surface area (Å²) in [4.78, 5) is 2.15. The molecule has 1 aromatic carbocycles. The summed E-state index contributed by atoms with van der Waals surface area (Å²) in [6.45, 7) is 3.19. The van der Waals surface area contributed by atoms with Crippen LogP contribution >= 0.6 is 15.9 Å². The second-order valence-corrected chi connectivity index (χ2v) is 4.82. The second-order valence-electron chi connectivity index (χ2n) is 3.90. The lowest BCUT2D eigenvalue weighted by molar-refractivity contribution is 0.705. The first-order chi connectivity index (χ1) is 7.69. The highest BCUT2D eigenvalue weighted by Gasteiger charge is 2.07. The monoisotopic (exact) mass is 280 g/mol. The number of anilines is 1. The maximum atomic E-state index is 9.04. The topological polar surface area (TPSA) is 27.0 Å². The number of rotatable bonds is 5. The molecule has 0 spiro atoms. The Morgan fingerprint density at radius 2 is 2.12 bits per heavy atom. The predicted octanol–water partition coefficient (Wildman–Crippen LogP) is 3.95. The average molecular weight is 281 g/mol. The van der Waals surface area contributed by atoms with Crippen LogP contribution in [0.4, 0.5) is 5.69 Å². The lowest BCUT2D eigenvalue weighted by Crippen LogP contribution is -2.19. The van der Waals surface area contributed by atoms with Gasteiger partial charge in [-0.1, -0.05) is 35.7 Å². The minimum Gasteiger partial charge on any atom is -0.373 e. The Morgan fingerprint density at radius 1 is 1.38 bits per heavy atom. The molecular formula is C13H17BrN2. The van der Waals surface area contributed by atoms with Crippen LogP contribution in [0.2, 0.25) is 0 Å². The van der Waals surface area contributed by atoms with Crippen molar-refractivity contribution < 1.29 is 0 Å². The summed E-state index contributed by atoms with van der Waals surface area (Å²) >= 11 is 3.44. The van der Waals surface area contributed by atoms with E-state index in [-0.39, 0.29) is 0 Å². The zero-order chi connectivity index (χ0) is 12.0. The third-order valence-electron chi connectivity index (χ3n) is 2.59. The molecule has 0 unspecified atom stereocenters. The fourth-order valence-electron chi connectivity index (χ4n) is 1.63. The normalized spacial score (nSPS) is 9.88. The zero-order valence-corrected chi connectivity index (χ0v) is 11.4. The summed E-state index contributed by atoms with van der Waals surface area (Å²) in [5, 5.41) is 9.04. The Hall–Kier alpha value is -1.01. The summed E-state index contributed by atoms with van der Waals surface area (Å²) in [5.74, 6) is 0. The molecule has 0 fully saturated rings. The third kappa shape index (κ3) is 3.53. The highest BCUT2D eigenvalue weighted by atomic mass is 79.9. The Kier molecular flexibility index (Phi) is 5.34. The lowest BCUT2D eigenvalue weighted by Gasteiger charge is -2.20. The highest BCUT2D eigenvalue weighted by Crippen LogP contribution is 2.24. The molecule has 1 aromatic rings. The Morgan fingerprint density at radius 3 is 2.75 bits per heavy atom. The van der Waals surface area contributed by atoms with Gasteiger partial charge in [0.25, 0.3) is 0 Å². The number of halogens is 1. The minimum atomic E-state index is 0.738. The van der Waals surface area contributed by atoms with E-state index < -0.39 is 0 Å². The molecule has 1 rings (SSSR count). The van der Waals surface area contributed by atoms with Crippen molar-refractivity contribution in [1.82, 2.24) is 0 Å². The van der Waals surface area contributed by atoms with E-state index in [1.165, 1.54) is 19.3 Å². The molecule has 0 saturated carbocycles. The molecule has 3 heteroatoms. The van der Waals surface area contributed by atoms with Crippen LogP contribution in [0.5, 0.6) is 0 Å². The van der Waals surface area contributed by atoms with Gasteiger partial charge in [0.2, 0.25) is 0 Å². The SMILES string of the molecule is CCCCCN(C)c1cc(Br)ccc1C#N. The first-order valence-electron chi connectivity index (χ1n) is 5.59. The number of benzene rings is 1. The molecule has 0 bridgehead atoms. The summed E-state index contributed by atoms with van der Waals surface area (Å²) in [6, 6.07) is 8.00. The average Bonchev–Trinajstić information content (AvgIpc) is 2.29. The molecule has 0 heterocycles. The molecule has 0 N–H and O–H groups in total.